The Bertz CT molecular complexity index is 903. The second-order valence-electron chi connectivity index (χ2n) is 8.29. The lowest BCUT2D eigenvalue weighted by Crippen LogP contribution is -2.24. The zero-order valence-electron chi connectivity index (χ0n) is 18.1. The average molecular weight is 419 g/mol. The van der Waals surface area contributed by atoms with Gasteiger partial charge in [-0.05, 0) is 64.2 Å². The molecule has 0 bridgehead atoms. The third-order valence-corrected chi connectivity index (χ3v) is 4.26. The zero-order chi connectivity index (χ0) is 22.3. The van der Waals surface area contributed by atoms with E-state index in [2.05, 4.69) is 12.4 Å². The lowest BCUT2D eigenvalue weighted by Gasteiger charge is -2.19. The number of hydrogen-bond donors (Lipinski definition) is 1. The molecular formula is C22H29NO7. The molecule has 1 atom stereocenters. The van der Waals surface area contributed by atoms with Crippen LogP contribution in [0, 0.1) is 12.8 Å². The lowest BCUT2D eigenvalue weighted by atomic mass is 9.96. The Labute approximate surface area is 175 Å². The van der Waals surface area contributed by atoms with Crippen molar-refractivity contribution in [2.75, 3.05) is 0 Å². The number of carbonyl (C=O) groups is 2. The fourth-order valence-electron chi connectivity index (χ4n) is 2.74. The first-order valence-electron chi connectivity index (χ1n) is 9.86. The Morgan fingerprint density at radius 2 is 1.80 bits per heavy atom. The van der Waals surface area contributed by atoms with Gasteiger partial charge >= 0.3 is 11.8 Å². The molecule has 0 aliphatic carbocycles. The molecule has 2 aromatic rings. The first-order chi connectivity index (χ1) is 14.0. The summed E-state index contributed by atoms with van der Waals surface area (Å²) in [6.07, 6.45) is 1.75. The number of rotatable bonds is 9. The number of esters is 1. The Morgan fingerprint density at radius 1 is 1.13 bits per heavy atom. The van der Waals surface area contributed by atoms with E-state index in [9.17, 15) is 14.4 Å². The molecule has 30 heavy (non-hydrogen) atoms. The van der Waals surface area contributed by atoms with Crippen LogP contribution in [0.25, 0.3) is 0 Å². The van der Waals surface area contributed by atoms with E-state index in [0.29, 0.717) is 24.2 Å². The van der Waals surface area contributed by atoms with Gasteiger partial charge in [-0.25, -0.2) is 15.1 Å². The van der Waals surface area contributed by atoms with Crippen LogP contribution in [0.2, 0.25) is 0 Å². The van der Waals surface area contributed by atoms with Crippen molar-refractivity contribution in [2.24, 2.45) is 5.92 Å². The number of hydroxylamine groups is 1. The summed E-state index contributed by atoms with van der Waals surface area (Å²) in [5.41, 5.74) is 3.40. The zero-order valence-corrected chi connectivity index (χ0v) is 18.1. The molecule has 1 aromatic heterocycles. The molecule has 0 saturated heterocycles. The summed E-state index contributed by atoms with van der Waals surface area (Å²) in [6.45, 7) is 9.05. The first kappa shape index (κ1) is 23.4. The number of aryl methyl sites for hydroxylation is 1. The van der Waals surface area contributed by atoms with Crippen molar-refractivity contribution in [1.82, 2.24) is 5.48 Å². The van der Waals surface area contributed by atoms with Crippen molar-refractivity contribution in [1.29, 1.82) is 0 Å². The summed E-state index contributed by atoms with van der Waals surface area (Å²) in [5, 5.41) is 0. The Morgan fingerprint density at radius 3 is 2.37 bits per heavy atom. The maximum atomic E-state index is 12.1. The molecule has 1 heterocycles. The van der Waals surface area contributed by atoms with E-state index in [0.717, 1.165) is 12.0 Å². The third-order valence-electron chi connectivity index (χ3n) is 4.26. The summed E-state index contributed by atoms with van der Waals surface area (Å²) >= 11 is 0. The molecule has 0 aliphatic heterocycles. The molecule has 1 amide bonds. The highest BCUT2D eigenvalue weighted by atomic mass is 16.7. The fraction of sp³-hybridized carbons (Fsp3) is 0.500. The second kappa shape index (κ2) is 10.2. The predicted octanol–water partition coefficient (Wildman–Crippen LogP) is 3.70. The first-order valence-corrected chi connectivity index (χ1v) is 9.86. The standard InChI is InChI=1S/C22H29NO7/c1-14(6-11-19(24)23-27-13-18-15(2)28-21(26)29-18)12-16-7-9-17(10-8-16)20(25)30-22(3,4)5/h7-10,14H,6,11-13H2,1-5H3,(H,23,24). The second-order valence-corrected chi connectivity index (χ2v) is 8.29. The van der Waals surface area contributed by atoms with Gasteiger partial charge in [-0.15, -0.1) is 0 Å². The SMILES string of the molecule is Cc1oc(=O)oc1CONC(=O)CCC(C)Cc1ccc(C(=O)OC(C)(C)C)cc1. The Kier molecular flexibility index (Phi) is 8.00. The molecule has 0 aliphatic rings. The van der Waals surface area contributed by atoms with Crippen LogP contribution in [-0.2, 0) is 27.4 Å². The molecule has 8 nitrogen and oxygen atoms in total. The summed E-state index contributed by atoms with van der Waals surface area (Å²) in [5.74, 6) is -0.582. The molecule has 0 saturated carbocycles. The number of carbonyl (C=O) groups excluding carboxylic acids is 2. The van der Waals surface area contributed by atoms with Gasteiger partial charge in [-0.2, -0.15) is 0 Å². The van der Waals surface area contributed by atoms with E-state index in [4.69, 9.17) is 18.4 Å². The minimum absolute atomic E-state index is 0.0805. The molecule has 0 fully saturated rings. The van der Waals surface area contributed by atoms with Crippen molar-refractivity contribution in [3.8, 4) is 0 Å². The monoisotopic (exact) mass is 419 g/mol. The van der Waals surface area contributed by atoms with Crippen LogP contribution in [0.5, 0.6) is 0 Å². The number of nitrogens with one attached hydrogen (secondary N) is 1. The normalized spacial score (nSPS) is 12.4. The van der Waals surface area contributed by atoms with E-state index in [1.807, 2.05) is 32.9 Å². The van der Waals surface area contributed by atoms with E-state index in [1.165, 1.54) is 0 Å². The molecular weight excluding hydrogens is 390 g/mol. The van der Waals surface area contributed by atoms with E-state index in [-0.39, 0.29) is 30.2 Å². The van der Waals surface area contributed by atoms with Gasteiger partial charge in [0.2, 0.25) is 5.91 Å². The molecule has 1 unspecified atom stereocenters. The Balaban J connectivity index is 1.71. The van der Waals surface area contributed by atoms with Gasteiger partial charge in [-0.3, -0.25) is 9.63 Å². The van der Waals surface area contributed by atoms with Gasteiger partial charge in [0.15, 0.2) is 5.76 Å². The maximum absolute atomic E-state index is 12.1. The average Bonchev–Trinajstić information content (AvgIpc) is 2.96. The topological polar surface area (TPSA) is 108 Å². The maximum Gasteiger partial charge on any atom is 0.519 e. The minimum atomic E-state index is -0.801. The van der Waals surface area contributed by atoms with Crippen LogP contribution >= 0.6 is 0 Å². The highest BCUT2D eigenvalue weighted by molar-refractivity contribution is 5.89. The Hall–Kier alpha value is -2.87. The van der Waals surface area contributed by atoms with Crippen molar-refractivity contribution >= 4 is 11.9 Å². The summed E-state index contributed by atoms with van der Waals surface area (Å²) < 4.78 is 14.8. The molecule has 0 radical (unpaired) electrons. The lowest BCUT2D eigenvalue weighted by molar-refractivity contribution is -0.135. The fourth-order valence-corrected chi connectivity index (χ4v) is 2.74. The molecule has 1 N–H and O–H groups in total. The van der Waals surface area contributed by atoms with Gasteiger partial charge in [0.25, 0.3) is 0 Å². The smallest absolute Gasteiger partial charge is 0.456 e. The van der Waals surface area contributed by atoms with E-state index >= 15 is 0 Å². The van der Waals surface area contributed by atoms with Gasteiger partial charge in [-0.1, -0.05) is 19.1 Å². The summed E-state index contributed by atoms with van der Waals surface area (Å²) in [6, 6.07) is 7.32. The number of hydrogen-bond acceptors (Lipinski definition) is 7. The van der Waals surface area contributed by atoms with Crippen molar-refractivity contribution in [3.63, 3.8) is 0 Å². The van der Waals surface area contributed by atoms with E-state index in [1.54, 1.807) is 19.1 Å². The number of amides is 1. The largest absolute Gasteiger partial charge is 0.519 e. The van der Waals surface area contributed by atoms with Crippen molar-refractivity contribution in [2.45, 2.75) is 66.1 Å². The van der Waals surface area contributed by atoms with Crippen molar-refractivity contribution in [3.05, 3.63) is 57.5 Å². The highest BCUT2D eigenvalue weighted by Gasteiger charge is 2.18. The van der Waals surface area contributed by atoms with Crippen LogP contribution in [-0.4, -0.2) is 17.5 Å². The minimum Gasteiger partial charge on any atom is -0.456 e. The predicted molar refractivity (Wildman–Crippen MR) is 109 cm³/mol. The molecule has 164 valence electrons. The molecule has 0 spiro atoms. The molecule has 8 heteroatoms. The highest BCUT2D eigenvalue weighted by Crippen LogP contribution is 2.17. The quantitative estimate of drug-likeness (QED) is 0.488. The van der Waals surface area contributed by atoms with E-state index < -0.39 is 11.4 Å². The van der Waals surface area contributed by atoms with Crippen LogP contribution in [0.4, 0.5) is 0 Å². The van der Waals surface area contributed by atoms with Crippen LogP contribution in [0.3, 0.4) is 0 Å². The summed E-state index contributed by atoms with van der Waals surface area (Å²) in [4.78, 5) is 40.0. The van der Waals surface area contributed by atoms with Gasteiger partial charge in [0, 0.05) is 6.42 Å². The van der Waals surface area contributed by atoms with Gasteiger partial charge in [0.05, 0.1) is 5.56 Å². The van der Waals surface area contributed by atoms with Crippen molar-refractivity contribution < 1.29 is 28.0 Å². The van der Waals surface area contributed by atoms with Gasteiger partial charge < -0.3 is 13.6 Å². The number of benzene rings is 1. The van der Waals surface area contributed by atoms with Crippen LogP contribution in [0.1, 0.15) is 68.0 Å². The third kappa shape index (κ3) is 7.87. The van der Waals surface area contributed by atoms with Crippen LogP contribution < -0.4 is 11.3 Å². The van der Waals surface area contributed by atoms with Crippen LogP contribution in [0.15, 0.2) is 37.9 Å². The number of ether oxygens (including phenoxy) is 1. The van der Waals surface area contributed by atoms with Gasteiger partial charge in [0.1, 0.15) is 18.0 Å². The summed E-state index contributed by atoms with van der Waals surface area (Å²) in [7, 11) is 0. The molecule has 1 aromatic carbocycles. The molecule has 2 rings (SSSR count).